The Balaban J connectivity index is 2.71. The van der Waals surface area contributed by atoms with Crippen LogP contribution in [0.15, 0.2) is 0 Å². The molecular weight excluding hydrogens is 254 g/mol. The van der Waals surface area contributed by atoms with Crippen LogP contribution in [0.4, 0.5) is 0 Å². The van der Waals surface area contributed by atoms with E-state index in [0.717, 1.165) is 32.3 Å². The Labute approximate surface area is 124 Å². The van der Waals surface area contributed by atoms with E-state index in [0.29, 0.717) is 6.54 Å². The first-order valence-corrected chi connectivity index (χ1v) is 7.91. The third-order valence-corrected chi connectivity index (χ3v) is 4.37. The number of nitrogens with zero attached hydrogens (tertiary/aromatic N) is 1. The van der Waals surface area contributed by atoms with Crippen molar-refractivity contribution in [2.24, 2.45) is 0 Å². The van der Waals surface area contributed by atoms with Crippen molar-refractivity contribution in [3.8, 4) is 0 Å². The van der Waals surface area contributed by atoms with E-state index in [1.54, 1.807) is 0 Å². The number of β-amino-alcohol motifs (C(OH)–C–C–N with tert-alkyl or cyclic N) is 1. The average Bonchev–Trinajstić information content (AvgIpc) is 2.33. The molecule has 0 saturated carbocycles. The van der Waals surface area contributed by atoms with Crippen LogP contribution in [0.1, 0.15) is 60.3 Å². The fourth-order valence-corrected chi connectivity index (χ4v) is 3.50. The zero-order valence-corrected chi connectivity index (χ0v) is 13.9. The fourth-order valence-electron chi connectivity index (χ4n) is 3.50. The average molecular weight is 287 g/mol. The van der Waals surface area contributed by atoms with Gasteiger partial charge in [-0.25, -0.2) is 0 Å². The molecule has 1 unspecified atom stereocenters. The predicted molar refractivity (Wildman–Crippen MR) is 81.8 cm³/mol. The van der Waals surface area contributed by atoms with Crippen LogP contribution < -0.4 is 0 Å². The highest BCUT2D eigenvalue weighted by atomic mass is 16.5. The molecule has 0 radical (unpaired) electrons. The van der Waals surface area contributed by atoms with E-state index >= 15 is 0 Å². The summed E-state index contributed by atoms with van der Waals surface area (Å²) >= 11 is 0. The summed E-state index contributed by atoms with van der Waals surface area (Å²) in [5.74, 6) is 0. The number of ether oxygens (including phenoxy) is 1. The molecule has 4 nitrogen and oxygen atoms in total. The first kappa shape index (κ1) is 17.9. The van der Waals surface area contributed by atoms with Crippen molar-refractivity contribution in [3.63, 3.8) is 0 Å². The third-order valence-electron chi connectivity index (χ3n) is 4.37. The van der Waals surface area contributed by atoms with Gasteiger partial charge in [-0.2, -0.15) is 0 Å². The number of aliphatic hydroxyl groups excluding tert-OH is 2. The van der Waals surface area contributed by atoms with E-state index in [-0.39, 0.29) is 23.8 Å². The van der Waals surface area contributed by atoms with Crippen LogP contribution in [0, 0.1) is 0 Å². The lowest BCUT2D eigenvalue weighted by Crippen LogP contribution is -2.63. The van der Waals surface area contributed by atoms with Crippen LogP contribution in [0.2, 0.25) is 0 Å². The Morgan fingerprint density at radius 2 is 1.75 bits per heavy atom. The van der Waals surface area contributed by atoms with Gasteiger partial charge in [-0.05, 0) is 47.0 Å². The topological polar surface area (TPSA) is 52.9 Å². The quantitative estimate of drug-likeness (QED) is 0.705. The number of rotatable bonds is 7. The molecule has 0 aromatic heterocycles. The molecule has 0 spiro atoms. The Bertz CT molecular complexity index is 273. The lowest BCUT2D eigenvalue weighted by molar-refractivity contribution is -0.119. The second kappa shape index (κ2) is 7.21. The van der Waals surface area contributed by atoms with Crippen LogP contribution in [0.3, 0.4) is 0 Å². The molecule has 1 atom stereocenters. The number of piperidine rings is 1. The van der Waals surface area contributed by atoms with Crippen molar-refractivity contribution in [2.45, 2.75) is 83.6 Å². The van der Waals surface area contributed by atoms with Crippen molar-refractivity contribution < 1.29 is 14.9 Å². The molecule has 120 valence electrons. The molecule has 1 rings (SSSR count). The Morgan fingerprint density at radius 1 is 1.20 bits per heavy atom. The number of likely N-dealkylation sites (tertiary alicyclic amines) is 1. The molecule has 1 heterocycles. The fraction of sp³-hybridized carbons (Fsp3) is 1.00. The molecule has 2 N–H and O–H groups in total. The van der Waals surface area contributed by atoms with Crippen molar-refractivity contribution in [3.05, 3.63) is 0 Å². The van der Waals surface area contributed by atoms with Gasteiger partial charge in [0.15, 0.2) is 0 Å². The summed E-state index contributed by atoms with van der Waals surface area (Å²) in [5.41, 5.74) is -0.0659. The summed E-state index contributed by atoms with van der Waals surface area (Å²) in [4.78, 5) is 2.32. The normalized spacial score (nSPS) is 24.8. The second-order valence-electron chi connectivity index (χ2n) is 7.33. The van der Waals surface area contributed by atoms with Gasteiger partial charge >= 0.3 is 0 Å². The summed E-state index contributed by atoms with van der Waals surface area (Å²) in [6.45, 7) is 12.2. The molecule has 20 heavy (non-hydrogen) atoms. The Morgan fingerprint density at radius 3 is 2.20 bits per heavy atom. The molecule has 1 saturated heterocycles. The van der Waals surface area contributed by atoms with Gasteiger partial charge in [-0.3, -0.25) is 4.90 Å². The van der Waals surface area contributed by atoms with Gasteiger partial charge in [-0.15, -0.1) is 0 Å². The predicted octanol–water partition coefficient (Wildman–Crippen LogP) is 2.18. The highest BCUT2D eigenvalue weighted by molar-refractivity contribution is 5.01. The minimum atomic E-state index is -0.675. The standard InChI is InChI=1S/C16H33NO3/c1-6-7-8-20-14-9-15(2,3)17(11-13(19)12-18)16(4,5)10-14/h13-14,18-19H,6-12H2,1-5H3. The van der Waals surface area contributed by atoms with Gasteiger partial charge in [0.2, 0.25) is 0 Å². The molecule has 1 aliphatic rings. The number of hydrogen-bond donors (Lipinski definition) is 2. The van der Waals surface area contributed by atoms with E-state index in [1.807, 2.05) is 0 Å². The maximum atomic E-state index is 9.79. The van der Waals surface area contributed by atoms with Crippen LogP contribution in [-0.4, -0.2) is 58.2 Å². The Hall–Kier alpha value is -0.160. The largest absolute Gasteiger partial charge is 0.394 e. The van der Waals surface area contributed by atoms with Crippen molar-refractivity contribution in [1.82, 2.24) is 4.90 Å². The molecule has 4 heteroatoms. The first-order valence-electron chi connectivity index (χ1n) is 7.91. The zero-order valence-electron chi connectivity index (χ0n) is 13.9. The lowest BCUT2D eigenvalue weighted by atomic mass is 9.78. The second-order valence-corrected chi connectivity index (χ2v) is 7.33. The van der Waals surface area contributed by atoms with Crippen LogP contribution in [0.25, 0.3) is 0 Å². The SMILES string of the molecule is CCCCOC1CC(C)(C)N(CC(O)CO)C(C)(C)C1. The lowest BCUT2D eigenvalue weighted by Gasteiger charge is -2.55. The first-order chi connectivity index (χ1) is 9.23. The maximum absolute atomic E-state index is 9.79. The minimum Gasteiger partial charge on any atom is -0.394 e. The van der Waals surface area contributed by atoms with Crippen LogP contribution >= 0.6 is 0 Å². The molecule has 1 fully saturated rings. The number of aliphatic hydroxyl groups is 2. The Kier molecular flexibility index (Phi) is 6.45. The smallest absolute Gasteiger partial charge is 0.0897 e. The molecule has 0 aliphatic carbocycles. The molecule has 0 aromatic rings. The summed E-state index contributed by atoms with van der Waals surface area (Å²) < 4.78 is 6.04. The van der Waals surface area contributed by atoms with Gasteiger partial charge in [-0.1, -0.05) is 13.3 Å². The summed E-state index contributed by atoms with van der Waals surface area (Å²) in [6, 6.07) is 0. The van der Waals surface area contributed by atoms with E-state index in [1.165, 1.54) is 0 Å². The van der Waals surface area contributed by atoms with Gasteiger partial charge in [0.25, 0.3) is 0 Å². The van der Waals surface area contributed by atoms with E-state index in [4.69, 9.17) is 9.84 Å². The van der Waals surface area contributed by atoms with Crippen LogP contribution in [-0.2, 0) is 4.74 Å². The van der Waals surface area contributed by atoms with Crippen LogP contribution in [0.5, 0.6) is 0 Å². The molecule has 0 aromatic carbocycles. The zero-order chi connectivity index (χ0) is 15.4. The van der Waals surface area contributed by atoms with Crippen molar-refractivity contribution in [1.29, 1.82) is 0 Å². The van der Waals surface area contributed by atoms with Gasteiger partial charge < -0.3 is 14.9 Å². The number of hydrogen-bond acceptors (Lipinski definition) is 4. The van der Waals surface area contributed by atoms with E-state index < -0.39 is 6.10 Å². The molecule has 0 bridgehead atoms. The van der Waals surface area contributed by atoms with Gasteiger partial charge in [0.05, 0.1) is 18.8 Å². The monoisotopic (exact) mass is 287 g/mol. The third kappa shape index (κ3) is 4.69. The summed E-state index contributed by atoms with van der Waals surface area (Å²) in [5, 5.41) is 18.9. The summed E-state index contributed by atoms with van der Waals surface area (Å²) in [6.07, 6.45) is 3.83. The van der Waals surface area contributed by atoms with Crippen molar-refractivity contribution in [2.75, 3.05) is 19.8 Å². The van der Waals surface area contributed by atoms with E-state index in [9.17, 15) is 5.11 Å². The number of unbranched alkanes of at least 4 members (excludes halogenated alkanes) is 1. The molecule has 1 aliphatic heterocycles. The molecule has 0 amide bonds. The van der Waals surface area contributed by atoms with E-state index in [2.05, 4.69) is 39.5 Å². The van der Waals surface area contributed by atoms with Gasteiger partial charge in [0, 0.05) is 24.2 Å². The van der Waals surface area contributed by atoms with Gasteiger partial charge in [0.1, 0.15) is 0 Å². The summed E-state index contributed by atoms with van der Waals surface area (Å²) in [7, 11) is 0. The highest BCUT2D eigenvalue weighted by Gasteiger charge is 2.45. The maximum Gasteiger partial charge on any atom is 0.0897 e. The molecular formula is C16H33NO3. The van der Waals surface area contributed by atoms with Crippen molar-refractivity contribution >= 4 is 0 Å². The minimum absolute atomic E-state index is 0.0330. The highest BCUT2D eigenvalue weighted by Crippen LogP contribution is 2.39.